The predicted molar refractivity (Wildman–Crippen MR) is 131 cm³/mol. The quantitative estimate of drug-likeness (QED) is 0.470. The molecular formula is C26H32N3O3S+. The predicted octanol–water partition coefficient (Wildman–Crippen LogP) is 3.81. The molecule has 1 aliphatic rings. The number of aryl methyl sites for hydroxylation is 1. The van der Waals surface area contributed by atoms with E-state index in [4.69, 9.17) is 0 Å². The van der Waals surface area contributed by atoms with Crippen molar-refractivity contribution in [2.75, 3.05) is 27.7 Å². The maximum Gasteiger partial charge on any atom is 0.304 e. The van der Waals surface area contributed by atoms with E-state index in [1.54, 1.807) is 11.3 Å². The summed E-state index contributed by atoms with van der Waals surface area (Å²) in [5, 5.41) is 13.3. The van der Waals surface area contributed by atoms with Crippen molar-refractivity contribution < 1.29 is 19.2 Å². The van der Waals surface area contributed by atoms with Gasteiger partial charge >= 0.3 is 5.97 Å². The van der Waals surface area contributed by atoms with Crippen molar-refractivity contribution in [2.24, 2.45) is 5.41 Å². The van der Waals surface area contributed by atoms with Crippen molar-refractivity contribution in [3.8, 4) is 0 Å². The first kappa shape index (κ1) is 23.4. The lowest BCUT2D eigenvalue weighted by atomic mass is 9.80. The smallest absolute Gasteiger partial charge is 0.304 e. The molecule has 1 aliphatic carbocycles. The Morgan fingerprint density at radius 2 is 1.82 bits per heavy atom. The van der Waals surface area contributed by atoms with Crippen molar-refractivity contribution in [3.63, 3.8) is 0 Å². The molecule has 33 heavy (non-hydrogen) atoms. The summed E-state index contributed by atoms with van der Waals surface area (Å²) < 4.78 is 2.08. The Morgan fingerprint density at radius 3 is 2.45 bits per heavy atom. The number of quaternary nitrogens is 1. The van der Waals surface area contributed by atoms with Gasteiger partial charge in [-0.3, -0.25) is 9.59 Å². The molecule has 0 spiro atoms. The van der Waals surface area contributed by atoms with Crippen LogP contribution in [0.1, 0.15) is 34.5 Å². The van der Waals surface area contributed by atoms with E-state index in [1.807, 2.05) is 24.3 Å². The van der Waals surface area contributed by atoms with Crippen LogP contribution >= 0.6 is 11.3 Å². The van der Waals surface area contributed by atoms with Gasteiger partial charge in [0.05, 0.1) is 56.3 Å². The number of aliphatic carboxylic acids is 1. The van der Waals surface area contributed by atoms with E-state index in [9.17, 15) is 14.7 Å². The standard InChI is InChI=1S/C26H31N3O3S/c1-29(2,3)12-6-7-18-10-11-21-22(13-18)33-23(28-21)17-27-25(32)26(16-24(30)31)14-19-8-4-5-9-20(19)15-26/h4-5,8-11,13H,6-7,12,14-17H2,1-3H3,(H-,27,30,31,32)/p+1. The van der Waals surface area contributed by atoms with Gasteiger partial charge in [-0.2, -0.15) is 0 Å². The lowest BCUT2D eigenvalue weighted by molar-refractivity contribution is -0.870. The summed E-state index contributed by atoms with van der Waals surface area (Å²) in [6.07, 6.45) is 2.90. The molecule has 0 saturated heterocycles. The second kappa shape index (κ2) is 9.23. The largest absolute Gasteiger partial charge is 0.481 e. The normalized spacial score (nSPS) is 14.9. The molecule has 0 fully saturated rings. The number of aromatic nitrogens is 1. The first-order valence-corrected chi connectivity index (χ1v) is 12.2. The first-order chi connectivity index (χ1) is 15.6. The number of carboxylic acids is 1. The lowest BCUT2D eigenvalue weighted by Gasteiger charge is -2.25. The number of hydrogen-bond donors (Lipinski definition) is 2. The zero-order valence-electron chi connectivity index (χ0n) is 19.6. The Morgan fingerprint density at radius 1 is 1.12 bits per heavy atom. The fourth-order valence-electron chi connectivity index (χ4n) is 4.70. The number of nitrogens with zero attached hydrogens (tertiary/aromatic N) is 2. The number of carboxylic acid groups (broad SMARTS) is 1. The molecule has 0 unspecified atom stereocenters. The van der Waals surface area contributed by atoms with E-state index in [0.29, 0.717) is 19.4 Å². The van der Waals surface area contributed by atoms with Crippen molar-refractivity contribution in [2.45, 2.75) is 38.6 Å². The molecule has 0 saturated carbocycles. The van der Waals surface area contributed by atoms with Crippen molar-refractivity contribution in [1.82, 2.24) is 10.3 Å². The van der Waals surface area contributed by atoms with E-state index < -0.39 is 11.4 Å². The van der Waals surface area contributed by atoms with Gasteiger partial charge in [-0.25, -0.2) is 4.98 Å². The monoisotopic (exact) mass is 466 g/mol. The molecule has 1 amide bonds. The Hall–Kier alpha value is -2.77. The van der Waals surface area contributed by atoms with Gasteiger partial charge in [0.15, 0.2) is 0 Å². The Balaban J connectivity index is 1.42. The number of carbonyl (C=O) groups excluding carboxylic acids is 1. The molecule has 6 nitrogen and oxygen atoms in total. The van der Waals surface area contributed by atoms with E-state index in [2.05, 4.69) is 49.6 Å². The van der Waals surface area contributed by atoms with Gasteiger partial charge in [0, 0.05) is 6.42 Å². The molecule has 0 bridgehead atoms. The highest BCUT2D eigenvalue weighted by atomic mass is 32.1. The van der Waals surface area contributed by atoms with Crippen LogP contribution in [0.2, 0.25) is 0 Å². The fourth-order valence-corrected chi connectivity index (χ4v) is 5.67. The van der Waals surface area contributed by atoms with Gasteiger partial charge in [0.1, 0.15) is 5.01 Å². The zero-order chi connectivity index (χ0) is 23.6. The van der Waals surface area contributed by atoms with Crippen molar-refractivity contribution in [3.05, 3.63) is 64.2 Å². The molecule has 2 N–H and O–H groups in total. The van der Waals surface area contributed by atoms with Crippen LogP contribution in [0.15, 0.2) is 42.5 Å². The fraction of sp³-hybridized carbons (Fsp3) is 0.423. The lowest BCUT2D eigenvalue weighted by Crippen LogP contribution is -2.43. The first-order valence-electron chi connectivity index (χ1n) is 11.4. The van der Waals surface area contributed by atoms with E-state index in [0.717, 1.165) is 50.2 Å². The number of amides is 1. The third kappa shape index (κ3) is 5.60. The SMILES string of the molecule is C[N+](C)(C)CCCc1ccc2nc(CNC(=O)C3(CC(=O)O)Cc4ccccc4C3)sc2c1. The van der Waals surface area contributed by atoms with Crippen LogP contribution in [-0.2, 0) is 35.4 Å². The summed E-state index contributed by atoms with van der Waals surface area (Å²) in [6, 6.07) is 14.2. The van der Waals surface area contributed by atoms with Gasteiger partial charge in [-0.05, 0) is 48.1 Å². The van der Waals surface area contributed by atoms with E-state index in [1.165, 1.54) is 5.56 Å². The Labute approximate surface area is 198 Å². The number of fused-ring (bicyclic) bond motifs is 2. The molecule has 174 valence electrons. The summed E-state index contributed by atoms with van der Waals surface area (Å²) in [5.74, 6) is -1.16. The Kier molecular flexibility index (Phi) is 6.54. The van der Waals surface area contributed by atoms with Crippen molar-refractivity contribution >= 4 is 33.4 Å². The maximum absolute atomic E-state index is 13.2. The van der Waals surface area contributed by atoms with Crippen molar-refractivity contribution in [1.29, 1.82) is 0 Å². The highest BCUT2D eigenvalue weighted by molar-refractivity contribution is 7.18. The van der Waals surface area contributed by atoms with Gasteiger partial charge in [-0.1, -0.05) is 30.3 Å². The van der Waals surface area contributed by atoms with Gasteiger partial charge < -0.3 is 14.9 Å². The van der Waals surface area contributed by atoms with Crippen LogP contribution in [0.25, 0.3) is 10.2 Å². The van der Waals surface area contributed by atoms with Gasteiger partial charge in [0.2, 0.25) is 5.91 Å². The average molecular weight is 467 g/mol. The molecule has 0 atom stereocenters. The van der Waals surface area contributed by atoms with Gasteiger partial charge in [0.25, 0.3) is 0 Å². The second-order valence-electron chi connectivity index (χ2n) is 10.2. The maximum atomic E-state index is 13.2. The summed E-state index contributed by atoms with van der Waals surface area (Å²) in [4.78, 5) is 29.5. The Bertz CT molecular complexity index is 1150. The minimum Gasteiger partial charge on any atom is -0.481 e. The molecule has 2 aromatic carbocycles. The average Bonchev–Trinajstić information content (AvgIpc) is 3.31. The molecule has 1 aromatic heterocycles. The molecule has 4 rings (SSSR count). The molecule has 7 heteroatoms. The third-order valence-corrected chi connectivity index (χ3v) is 7.36. The van der Waals surface area contributed by atoms with Crippen LogP contribution in [-0.4, -0.2) is 54.1 Å². The number of rotatable bonds is 9. The summed E-state index contributed by atoms with van der Waals surface area (Å²) in [6.45, 7) is 1.44. The number of hydrogen-bond acceptors (Lipinski definition) is 4. The van der Waals surface area contributed by atoms with Crippen LogP contribution in [0, 0.1) is 5.41 Å². The van der Waals surface area contributed by atoms with E-state index >= 15 is 0 Å². The number of benzene rings is 2. The minimum atomic E-state index is -0.948. The second-order valence-corrected chi connectivity index (χ2v) is 11.3. The third-order valence-electron chi connectivity index (χ3n) is 6.34. The molecule has 3 aromatic rings. The molecule has 1 heterocycles. The summed E-state index contributed by atoms with van der Waals surface area (Å²) >= 11 is 1.59. The number of nitrogens with one attached hydrogen (secondary N) is 1. The molecule has 0 aliphatic heterocycles. The highest BCUT2D eigenvalue weighted by Crippen LogP contribution is 2.40. The van der Waals surface area contributed by atoms with E-state index in [-0.39, 0.29) is 12.3 Å². The zero-order valence-corrected chi connectivity index (χ0v) is 20.4. The van der Waals surface area contributed by atoms with Crippen LogP contribution in [0.5, 0.6) is 0 Å². The molecule has 0 radical (unpaired) electrons. The number of thiazole rings is 1. The van der Waals surface area contributed by atoms with Crippen LogP contribution < -0.4 is 5.32 Å². The van der Waals surface area contributed by atoms with Crippen LogP contribution in [0.3, 0.4) is 0 Å². The summed E-state index contributed by atoms with van der Waals surface area (Å²) in [7, 11) is 6.62. The van der Waals surface area contributed by atoms with Gasteiger partial charge in [-0.15, -0.1) is 11.3 Å². The summed E-state index contributed by atoms with van der Waals surface area (Å²) in [5.41, 5.74) is 3.43. The molecular weight excluding hydrogens is 434 g/mol. The topological polar surface area (TPSA) is 79.3 Å². The highest BCUT2D eigenvalue weighted by Gasteiger charge is 2.45. The minimum absolute atomic E-state index is 0.177. The number of carbonyl (C=O) groups is 2. The van der Waals surface area contributed by atoms with Crippen LogP contribution in [0.4, 0.5) is 0 Å².